The normalized spacial score (nSPS) is 10.2. The maximum absolute atomic E-state index is 8.58. The van der Waals surface area contributed by atoms with Crippen LogP contribution >= 0.6 is 0 Å². The lowest BCUT2D eigenvalue weighted by Crippen LogP contribution is -2.20. The average Bonchev–Trinajstić information content (AvgIpc) is 2.26. The summed E-state index contributed by atoms with van der Waals surface area (Å²) >= 11 is 0. The van der Waals surface area contributed by atoms with Gasteiger partial charge < -0.3 is 19.4 Å². The lowest BCUT2D eigenvalue weighted by molar-refractivity contribution is 0.118. The lowest BCUT2D eigenvalue weighted by Gasteiger charge is -2.06. The summed E-state index contributed by atoms with van der Waals surface area (Å²) in [7, 11) is -1.77. The van der Waals surface area contributed by atoms with Crippen molar-refractivity contribution in [1.82, 2.24) is 0 Å². The Morgan fingerprint density at radius 3 is 2.44 bits per heavy atom. The molecule has 88 valence electrons. The summed E-state index contributed by atoms with van der Waals surface area (Å²) in [5.74, 6) is 0.423. The number of benzene rings is 1. The van der Waals surface area contributed by atoms with Gasteiger partial charge in [-0.3, -0.25) is 0 Å². The van der Waals surface area contributed by atoms with Gasteiger partial charge in [-0.15, -0.1) is 0 Å². The summed E-state index contributed by atoms with van der Waals surface area (Å²) in [6, 6.07) is 7.03. The molecular weight excluding hydrogens is 207 g/mol. The molecule has 0 saturated heterocycles. The van der Waals surface area contributed by atoms with E-state index in [1.54, 1.807) is 12.1 Å². The zero-order valence-electron chi connectivity index (χ0n) is 9.43. The van der Waals surface area contributed by atoms with Crippen molar-refractivity contribution in [2.75, 3.05) is 6.61 Å². The van der Waals surface area contributed by atoms with E-state index in [2.05, 4.69) is 11.6 Å². The Kier molecular flexibility index (Phi) is 5.92. The minimum absolute atomic E-state index is 0.423. The summed E-state index contributed by atoms with van der Waals surface area (Å²) in [6.45, 7) is 3.46. The number of unbranched alkanes of at least 4 members (excludes halogenated alkanes) is 1. The van der Waals surface area contributed by atoms with Crippen LogP contribution in [0.4, 0.5) is 0 Å². The highest BCUT2D eigenvalue weighted by Gasteiger charge is 2.10. The number of hydrogen-bond donors (Lipinski definition) is 2. The molecule has 0 aromatic heterocycles. The summed E-state index contributed by atoms with van der Waals surface area (Å²) in [5.41, 5.74) is 1.04. The van der Waals surface area contributed by atoms with Crippen molar-refractivity contribution in [3.05, 3.63) is 29.8 Å². The van der Waals surface area contributed by atoms with Crippen molar-refractivity contribution in [2.24, 2.45) is 0 Å². The molecule has 4 nitrogen and oxygen atoms in total. The molecule has 0 radical (unpaired) electrons. The van der Waals surface area contributed by atoms with Crippen LogP contribution in [0, 0.1) is 0 Å². The molecule has 0 fully saturated rings. The Hall–Kier alpha value is -1.04. The molecule has 0 unspecified atom stereocenters. The highest BCUT2D eigenvalue weighted by molar-refractivity contribution is 6.33. The van der Waals surface area contributed by atoms with Crippen LogP contribution in [0.25, 0.3) is 0 Å². The van der Waals surface area contributed by atoms with Crippen molar-refractivity contribution < 1.29 is 19.4 Å². The Morgan fingerprint density at radius 1 is 1.19 bits per heavy atom. The summed E-state index contributed by atoms with van der Waals surface area (Å²) < 4.78 is 10.1. The van der Waals surface area contributed by atoms with E-state index in [-0.39, 0.29) is 0 Å². The van der Waals surface area contributed by atoms with Gasteiger partial charge in [0.1, 0.15) is 5.75 Å². The molecule has 1 aromatic carbocycles. The SMILES string of the molecule is CCCCOCc1ccc(OB(O)O)cc1. The maximum atomic E-state index is 8.58. The van der Waals surface area contributed by atoms with Gasteiger partial charge in [0, 0.05) is 6.61 Å². The monoisotopic (exact) mass is 224 g/mol. The second-order valence-corrected chi connectivity index (χ2v) is 3.49. The fraction of sp³-hybridized carbons (Fsp3) is 0.455. The van der Waals surface area contributed by atoms with Crippen LogP contribution < -0.4 is 4.65 Å². The molecule has 0 heterocycles. The molecule has 5 heteroatoms. The van der Waals surface area contributed by atoms with Crippen molar-refractivity contribution in [2.45, 2.75) is 26.4 Å². The first kappa shape index (κ1) is 13.0. The fourth-order valence-electron chi connectivity index (χ4n) is 1.22. The molecule has 0 aliphatic carbocycles. The first-order valence-electron chi connectivity index (χ1n) is 5.42. The molecule has 1 aromatic rings. The predicted molar refractivity (Wildman–Crippen MR) is 61.8 cm³/mol. The fourth-order valence-corrected chi connectivity index (χ4v) is 1.22. The van der Waals surface area contributed by atoms with Gasteiger partial charge in [-0.25, -0.2) is 0 Å². The molecule has 16 heavy (non-hydrogen) atoms. The van der Waals surface area contributed by atoms with Crippen molar-refractivity contribution in [3.8, 4) is 5.75 Å². The number of rotatable bonds is 7. The van der Waals surface area contributed by atoms with Gasteiger partial charge in [-0.05, 0) is 24.1 Å². The molecule has 1 rings (SSSR count). The van der Waals surface area contributed by atoms with E-state index in [1.807, 2.05) is 12.1 Å². The van der Waals surface area contributed by atoms with Crippen molar-refractivity contribution in [1.29, 1.82) is 0 Å². The van der Waals surface area contributed by atoms with Gasteiger partial charge in [0.05, 0.1) is 6.61 Å². The topological polar surface area (TPSA) is 58.9 Å². The quantitative estimate of drug-likeness (QED) is 0.542. The van der Waals surface area contributed by atoms with Crippen LogP contribution in [-0.4, -0.2) is 24.0 Å². The highest BCUT2D eigenvalue weighted by Crippen LogP contribution is 2.13. The molecule has 2 N–H and O–H groups in total. The van der Waals surface area contributed by atoms with E-state index in [0.717, 1.165) is 25.0 Å². The first-order valence-corrected chi connectivity index (χ1v) is 5.42. The Balaban J connectivity index is 2.33. The highest BCUT2D eigenvalue weighted by atomic mass is 16.6. The molecule has 0 spiro atoms. The maximum Gasteiger partial charge on any atom is 0.707 e. The van der Waals surface area contributed by atoms with Gasteiger partial charge in [-0.1, -0.05) is 25.5 Å². The van der Waals surface area contributed by atoms with Crippen molar-refractivity contribution >= 4 is 7.32 Å². The van der Waals surface area contributed by atoms with E-state index < -0.39 is 7.32 Å². The van der Waals surface area contributed by atoms with Crippen LogP contribution in [0.15, 0.2) is 24.3 Å². The third kappa shape index (κ3) is 5.16. The zero-order chi connectivity index (χ0) is 11.8. The molecule has 0 saturated carbocycles. The Morgan fingerprint density at radius 2 is 1.88 bits per heavy atom. The van der Waals surface area contributed by atoms with E-state index >= 15 is 0 Å². The molecule has 0 aliphatic heterocycles. The van der Waals surface area contributed by atoms with Crippen LogP contribution in [0.2, 0.25) is 0 Å². The van der Waals surface area contributed by atoms with Crippen LogP contribution in [-0.2, 0) is 11.3 Å². The van der Waals surface area contributed by atoms with E-state index in [0.29, 0.717) is 12.4 Å². The summed E-state index contributed by atoms with van der Waals surface area (Å²) in [6.07, 6.45) is 2.19. The van der Waals surface area contributed by atoms with Gasteiger partial charge in [0.15, 0.2) is 0 Å². The van der Waals surface area contributed by atoms with Gasteiger partial charge >= 0.3 is 7.32 Å². The third-order valence-electron chi connectivity index (χ3n) is 2.08. The Labute approximate surface area is 96.0 Å². The minimum atomic E-state index is -1.77. The third-order valence-corrected chi connectivity index (χ3v) is 2.08. The first-order chi connectivity index (χ1) is 7.72. The Bertz CT molecular complexity index is 287. The van der Waals surface area contributed by atoms with Crippen molar-refractivity contribution in [3.63, 3.8) is 0 Å². The predicted octanol–water partition coefficient (Wildman–Crippen LogP) is 1.35. The zero-order valence-corrected chi connectivity index (χ0v) is 9.43. The molecule has 0 bridgehead atoms. The summed E-state index contributed by atoms with van der Waals surface area (Å²) in [5, 5.41) is 17.2. The molecule has 0 atom stereocenters. The second kappa shape index (κ2) is 7.27. The molecule has 0 aliphatic rings. The molecular formula is C11H17BO4. The average molecular weight is 224 g/mol. The van der Waals surface area contributed by atoms with E-state index in [9.17, 15) is 0 Å². The van der Waals surface area contributed by atoms with Crippen LogP contribution in [0.1, 0.15) is 25.3 Å². The van der Waals surface area contributed by atoms with E-state index in [1.165, 1.54) is 0 Å². The molecule has 0 amide bonds. The second-order valence-electron chi connectivity index (χ2n) is 3.49. The van der Waals surface area contributed by atoms with Gasteiger partial charge in [-0.2, -0.15) is 0 Å². The standard InChI is InChI=1S/C11H17BO4/c1-2-3-8-15-9-10-4-6-11(7-5-10)16-12(13)14/h4-7,13-14H,2-3,8-9H2,1H3. The minimum Gasteiger partial charge on any atom is -0.512 e. The van der Waals surface area contributed by atoms with Crippen LogP contribution in [0.3, 0.4) is 0 Å². The summed E-state index contributed by atoms with van der Waals surface area (Å²) in [4.78, 5) is 0. The van der Waals surface area contributed by atoms with Gasteiger partial charge in [0.25, 0.3) is 0 Å². The number of hydrogen-bond acceptors (Lipinski definition) is 4. The largest absolute Gasteiger partial charge is 0.707 e. The van der Waals surface area contributed by atoms with E-state index in [4.69, 9.17) is 14.8 Å². The van der Waals surface area contributed by atoms with Crippen LogP contribution in [0.5, 0.6) is 5.75 Å². The van der Waals surface area contributed by atoms with Gasteiger partial charge in [0.2, 0.25) is 0 Å². The smallest absolute Gasteiger partial charge is 0.512 e. The number of ether oxygens (including phenoxy) is 1. The lowest BCUT2D eigenvalue weighted by atomic mass is 10.2.